The molecule has 1 saturated heterocycles. The Labute approximate surface area is 134 Å². The highest BCUT2D eigenvalue weighted by Gasteiger charge is 2.34. The van der Waals surface area contributed by atoms with Gasteiger partial charge in [-0.3, -0.25) is 9.58 Å². The first-order chi connectivity index (χ1) is 11.2. The second kappa shape index (κ2) is 5.62. The molecule has 0 spiro atoms. The van der Waals surface area contributed by atoms with Gasteiger partial charge in [-0.1, -0.05) is 18.2 Å². The predicted octanol–water partition coefficient (Wildman–Crippen LogP) is 2.86. The van der Waals surface area contributed by atoms with Gasteiger partial charge in [-0.05, 0) is 31.5 Å². The lowest BCUT2D eigenvalue weighted by molar-refractivity contribution is 0.0484. The molecule has 0 bridgehead atoms. The Morgan fingerprint density at radius 1 is 1.17 bits per heavy atom. The van der Waals surface area contributed by atoms with E-state index in [1.807, 2.05) is 41.2 Å². The van der Waals surface area contributed by atoms with E-state index in [0.717, 1.165) is 18.7 Å². The Kier molecular flexibility index (Phi) is 3.46. The smallest absolute Gasteiger partial charge is 0.247 e. The molecule has 6 nitrogen and oxygen atoms in total. The van der Waals surface area contributed by atoms with E-state index in [0.29, 0.717) is 17.8 Å². The van der Waals surface area contributed by atoms with Crippen molar-refractivity contribution in [2.75, 3.05) is 13.1 Å². The van der Waals surface area contributed by atoms with E-state index in [1.165, 1.54) is 5.56 Å². The molecule has 4 rings (SSSR count). The SMILES string of the molecule is Cc1cnn(C2CN(C(C)c3nnc(-c4ccccc4)o3)C2)c1. The van der Waals surface area contributed by atoms with Crippen LogP contribution < -0.4 is 0 Å². The van der Waals surface area contributed by atoms with Crippen LogP contribution in [0, 0.1) is 6.92 Å². The topological polar surface area (TPSA) is 60.0 Å². The van der Waals surface area contributed by atoms with Crippen molar-refractivity contribution in [2.45, 2.75) is 25.9 Å². The molecule has 23 heavy (non-hydrogen) atoms. The van der Waals surface area contributed by atoms with E-state index in [9.17, 15) is 0 Å². The van der Waals surface area contributed by atoms with Crippen molar-refractivity contribution in [3.05, 3.63) is 54.2 Å². The maximum absolute atomic E-state index is 5.85. The van der Waals surface area contributed by atoms with Gasteiger partial charge >= 0.3 is 0 Å². The second-order valence-corrected chi connectivity index (χ2v) is 6.09. The van der Waals surface area contributed by atoms with Crippen molar-refractivity contribution in [2.24, 2.45) is 0 Å². The van der Waals surface area contributed by atoms with Gasteiger partial charge in [-0.15, -0.1) is 10.2 Å². The van der Waals surface area contributed by atoms with Gasteiger partial charge in [0.2, 0.25) is 11.8 Å². The molecule has 0 saturated carbocycles. The van der Waals surface area contributed by atoms with Crippen LogP contribution in [0.1, 0.15) is 30.5 Å². The van der Waals surface area contributed by atoms with Gasteiger partial charge in [0.15, 0.2) is 0 Å². The highest BCUT2D eigenvalue weighted by molar-refractivity contribution is 5.51. The van der Waals surface area contributed by atoms with Crippen LogP contribution in [0.25, 0.3) is 11.5 Å². The Morgan fingerprint density at radius 2 is 1.96 bits per heavy atom. The maximum Gasteiger partial charge on any atom is 0.247 e. The molecule has 6 heteroatoms. The minimum Gasteiger partial charge on any atom is -0.419 e. The predicted molar refractivity (Wildman–Crippen MR) is 85.7 cm³/mol. The van der Waals surface area contributed by atoms with Crippen LogP contribution in [0.3, 0.4) is 0 Å². The fourth-order valence-corrected chi connectivity index (χ4v) is 2.86. The molecule has 1 unspecified atom stereocenters. The zero-order chi connectivity index (χ0) is 15.8. The number of rotatable bonds is 4. The normalized spacial score (nSPS) is 17.1. The third kappa shape index (κ3) is 2.66. The lowest BCUT2D eigenvalue weighted by atomic mass is 10.1. The largest absolute Gasteiger partial charge is 0.419 e. The molecular weight excluding hydrogens is 290 g/mol. The quantitative estimate of drug-likeness (QED) is 0.741. The lowest BCUT2D eigenvalue weighted by Gasteiger charge is -2.41. The molecule has 1 fully saturated rings. The molecule has 1 aliphatic heterocycles. The van der Waals surface area contributed by atoms with Crippen LogP contribution in [0.2, 0.25) is 0 Å². The van der Waals surface area contributed by atoms with Gasteiger partial charge in [-0.2, -0.15) is 5.10 Å². The number of hydrogen-bond acceptors (Lipinski definition) is 5. The summed E-state index contributed by atoms with van der Waals surface area (Å²) in [5.74, 6) is 1.24. The summed E-state index contributed by atoms with van der Waals surface area (Å²) in [5, 5.41) is 12.8. The van der Waals surface area contributed by atoms with Crippen LogP contribution in [-0.2, 0) is 0 Å². The van der Waals surface area contributed by atoms with E-state index in [4.69, 9.17) is 4.42 Å². The van der Waals surface area contributed by atoms with Crippen molar-refractivity contribution in [1.82, 2.24) is 24.9 Å². The number of aryl methyl sites for hydroxylation is 1. The summed E-state index contributed by atoms with van der Waals surface area (Å²) in [4.78, 5) is 2.32. The average Bonchev–Trinajstić information content (AvgIpc) is 3.16. The van der Waals surface area contributed by atoms with E-state index in [2.05, 4.69) is 40.2 Å². The Balaban J connectivity index is 1.43. The van der Waals surface area contributed by atoms with Crippen molar-refractivity contribution in [3.8, 4) is 11.5 Å². The van der Waals surface area contributed by atoms with Crippen LogP contribution in [0.15, 0.2) is 47.1 Å². The standard InChI is InChI=1S/C17H19N5O/c1-12-8-18-22(9-12)15-10-21(11-15)13(2)16-19-20-17(23-16)14-6-4-3-5-7-14/h3-9,13,15H,10-11H2,1-2H3. The monoisotopic (exact) mass is 309 g/mol. The van der Waals surface area contributed by atoms with Crippen molar-refractivity contribution >= 4 is 0 Å². The van der Waals surface area contributed by atoms with Crippen LogP contribution >= 0.6 is 0 Å². The van der Waals surface area contributed by atoms with Gasteiger partial charge in [0.05, 0.1) is 18.3 Å². The summed E-state index contributed by atoms with van der Waals surface area (Å²) in [6.07, 6.45) is 3.99. The highest BCUT2D eigenvalue weighted by Crippen LogP contribution is 2.31. The fourth-order valence-electron chi connectivity index (χ4n) is 2.86. The molecule has 0 radical (unpaired) electrons. The lowest BCUT2D eigenvalue weighted by Crippen LogP contribution is -2.48. The minimum atomic E-state index is 0.118. The molecule has 0 aliphatic carbocycles. The van der Waals surface area contributed by atoms with Gasteiger partial charge in [0.25, 0.3) is 0 Å². The third-order valence-electron chi connectivity index (χ3n) is 4.36. The molecule has 3 aromatic rings. The van der Waals surface area contributed by atoms with Gasteiger partial charge in [0, 0.05) is 24.8 Å². The second-order valence-electron chi connectivity index (χ2n) is 6.09. The maximum atomic E-state index is 5.85. The summed E-state index contributed by atoms with van der Waals surface area (Å²) in [6, 6.07) is 10.4. The Morgan fingerprint density at radius 3 is 2.65 bits per heavy atom. The molecule has 2 aromatic heterocycles. The van der Waals surface area contributed by atoms with Crippen LogP contribution in [0.4, 0.5) is 0 Å². The van der Waals surface area contributed by atoms with Gasteiger partial charge in [-0.25, -0.2) is 0 Å². The van der Waals surface area contributed by atoms with E-state index in [1.54, 1.807) is 0 Å². The molecular formula is C17H19N5O. The van der Waals surface area contributed by atoms with Crippen LogP contribution in [-0.4, -0.2) is 38.0 Å². The van der Waals surface area contributed by atoms with Gasteiger partial charge in [0.1, 0.15) is 0 Å². The van der Waals surface area contributed by atoms with Crippen molar-refractivity contribution in [3.63, 3.8) is 0 Å². The Bertz CT molecular complexity index is 788. The molecule has 1 aromatic carbocycles. The number of likely N-dealkylation sites (tertiary alicyclic amines) is 1. The Hall–Kier alpha value is -2.47. The fraction of sp³-hybridized carbons (Fsp3) is 0.353. The molecule has 1 aliphatic rings. The van der Waals surface area contributed by atoms with Crippen molar-refractivity contribution < 1.29 is 4.42 Å². The van der Waals surface area contributed by atoms with Gasteiger partial charge < -0.3 is 4.42 Å². The summed E-state index contributed by atoms with van der Waals surface area (Å²) in [6.45, 7) is 6.07. The van der Waals surface area contributed by atoms with E-state index >= 15 is 0 Å². The zero-order valence-electron chi connectivity index (χ0n) is 13.3. The molecule has 0 N–H and O–H groups in total. The molecule has 118 valence electrons. The van der Waals surface area contributed by atoms with Crippen LogP contribution in [0.5, 0.6) is 0 Å². The summed E-state index contributed by atoms with van der Waals surface area (Å²) in [7, 11) is 0. The third-order valence-corrected chi connectivity index (χ3v) is 4.36. The summed E-state index contributed by atoms with van der Waals surface area (Å²) >= 11 is 0. The molecule has 0 amide bonds. The van der Waals surface area contributed by atoms with E-state index < -0.39 is 0 Å². The first kappa shape index (κ1) is 14.1. The zero-order valence-corrected chi connectivity index (χ0v) is 13.3. The number of benzene rings is 1. The number of hydrogen-bond donors (Lipinski definition) is 0. The minimum absolute atomic E-state index is 0.118. The van der Waals surface area contributed by atoms with E-state index in [-0.39, 0.29) is 6.04 Å². The first-order valence-electron chi connectivity index (χ1n) is 7.84. The van der Waals surface area contributed by atoms with Crippen molar-refractivity contribution in [1.29, 1.82) is 0 Å². The molecule has 3 heterocycles. The number of nitrogens with zero attached hydrogens (tertiary/aromatic N) is 5. The summed E-state index contributed by atoms with van der Waals surface area (Å²) < 4.78 is 7.89. The average molecular weight is 309 g/mol. The summed E-state index contributed by atoms with van der Waals surface area (Å²) in [5.41, 5.74) is 2.15. The number of aromatic nitrogens is 4. The highest BCUT2D eigenvalue weighted by atomic mass is 16.4. The molecule has 1 atom stereocenters. The first-order valence-corrected chi connectivity index (χ1v) is 7.84.